The fourth-order valence-electron chi connectivity index (χ4n) is 2.00. The number of imidazole rings is 1. The first-order valence-corrected chi connectivity index (χ1v) is 7.78. The zero-order chi connectivity index (χ0) is 15.2. The number of benzene rings is 1. The van der Waals surface area contributed by atoms with Crippen LogP contribution in [-0.2, 0) is 17.0 Å². The average Bonchev–Trinajstić information content (AvgIpc) is 2.78. The van der Waals surface area contributed by atoms with E-state index in [0.29, 0.717) is 12.2 Å². The Morgan fingerprint density at radius 3 is 2.62 bits per heavy atom. The molecule has 0 N–H and O–H groups in total. The van der Waals surface area contributed by atoms with Crippen LogP contribution in [0.25, 0.3) is 0 Å². The van der Waals surface area contributed by atoms with Crippen LogP contribution >= 0.6 is 11.8 Å². The van der Waals surface area contributed by atoms with Crippen molar-refractivity contribution < 1.29 is 4.74 Å². The molecule has 2 rings (SSSR count). The number of nitrogens with zero attached hydrogens (tertiary/aromatic N) is 3. The summed E-state index contributed by atoms with van der Waals surface area (Å²) in [5.74, 6) is 0.842. The van der Waals surface area contributed by atoms with E-state index in [1.807, 2.05) is 31.2 Å². The van der Waals surface area contributed by atoms with Crippen molar-refractivity contribution >= 4 is 11.8 Å². The van der Waals surface area contributed by atoms with E-state index >= 15 is 0 Å². The first kappa shape index (κ1) is 15.6. The summed E-state index contributed by atoms with van der Waals surface area (Å²) in [5.41, 5.74) is 4.13. The maximum Gasteiger partial charge on any atom is 0.168 e. The summed E-state index contributed by atoms with van der Waals surface area (Å²) in [7, 11) is 1.71. The molecule has 1 aromatic carbocycles. The van der Waals surface area contributed by atoms with E-state index in [0.717, 1.165) is 23.1 Å². The summed E-state index contributed by atoms with van der Waals surface area (Å²) in [4.78, 5) is 4.63. The highest BCUT2D eigenvalue weighted by Gasteiger charge is 2.11. The maximum atomic E-state index is 8.81. The molecule has 0 radical (unpaired) electrons. The van der Waals surface area contributed by atoms with Crippen LogP contribution in [0.3, 0.4) is 0 Å². The molecule has 0 amide bonds. The maximum absolute atomic E-state index is 8.81. The highest BCUT2D eigenvalue weighted by atomic mass is 32.2. The van der Waals surface area contributed by atoms with E-state index in [1.54, 1.807) is 18.9 Å². The molecule has 1 aromatic heterocycles. The minimum absolute atomic E-state index is 0.682. The van der Waals surface area contributed by atoms with Crippen LogP contribution in [0.5, 0.6) is 0 Å². The molecule has 5 heteroatoms. The van der Waals surface area contributed by atoms with Gasteiger partial charge in [0.25, 0.3) is 0 Å². The lowest BCUT2D eigenvalue weighted by atomic mass is 10.2. The van der Waals surface area contributed by atoms with Gasteiger partial charge in [-0.25, -0.2) is 4.98 Å². The molecule has 0 saturated heterocycles. The molecular weight excluding hydrogens is 282 g/mol. The second kappa shape index (κ2) is 7.30. The Balaban J connectivity index is 2.08. The molecular formula is C16H19N3OS. The van der Waals surface area contributed by atoms with Gasteiger partial charge in [-0.3, -0.25) is 0 Å². The summed E-state index contributed by atoms with van der Waals surface area (Å²) in [6.07, 6.45) is 0. The van der Waals surface area contributed by atoms with Crippen LogP contribution in [0.1, 0.15) is 22.5 Å². The number of thioether (sulfide) groups is 1. The van der Waals surface area contributed by atoms with Crippen LogP contribution in [0, 0.1) is 25.2 Å². The summed E-state index contributed by atoms with van der Waals surface area (Å²) in [6, 6.07) is 9.82. The van der Waals surface area contributed by atoms with Gasteiger partial charge in [-0.05, 0) is 31.5 Å². The van der Waals surface area contributed by atoms with E-state index < -0.39 is 0 Å². The zero-order valence-corrected chi connectivity index (χ0v) is 13.4. The molecule has 0 aliphatic rings. The Labute approximate surface area is 129 Å². The van der Waals surface area contributed by atoms with Crippen molar-refractivity contribution in [2.45, 2.75) is 31.3 Å². The standard InChI is InChI=1S/C16H19N3OS/c1-12-13(2)19(8-9-20-3)16(18-12)21-11-15-6-4-14(10-17)5-7-15/h4-7H,8-9,11H2,1-3H3. The minimum Gasteiger partial charge on any atom is -0.383 e. The van der Waals surface area contributed by atoms with E-state index in [9.17, 15) is 0 Å². The smallest absolute Gasteiger partial charge is 0.168 e. The van der Waals surface area contributed by atoms with Crippen molar-refractivity contribution in [3.63, 3.8) is 0 Å². The first-order chi connectivity index (χ1) is 10.2. The number of hydrogen-bond donors (Lipinski definition) is 0. The van der Waals surface area contributed by atoms with Crippen molar-refractivity contribution in [2.24, 2.45) is 0 Å². The SMILES string of the molecule is COCCn1c(SCc2ccc(C#N)cc2)nc(C)c1C. The highest BCUT2D eigenvalue weighted by Crippen LogP contribution is 2.24. The predicted octanol–water partition coefficient (Wildman–Crippen LogP) is 3.31. The van der Waals surface area contributed by atoms with Gasteiger partial charge < -0.3 is 9.30 Å². The molecule has 21 heavy (non-hydrogen) atoms. The quantitative estimate of drug-likeness (QED) is 0.768. The first-order valence-electron chi connectivity index (χ1n) is 6.80. The Kier molecular flexibility index (Phi) is 5.43. The third kappa shape index (κ3) is 3.87. The lowest BCUT2D eigenvalue weighted by Gasteiger charge is -2.09. The minimum atomic E-state index is 0.682. The van der Waals surface area contributed by atoms with Crippen LogP contribution in [0.4, 0.5) is 0 Å². The Morgan fingerprint density at radius 2 is 2.00 bits per heavy atom. The normalized spacial score (nSPS) is 10.6. The Hall–Kier alpha value is -1.77. The molecule has 0 fully saturated rings. The van der Waals surface area contributed by atoms with E-state index in [2.05, 4.69) is 22.5 Å². The lowest BCUT2D eigenvalue weighted by Crippen LogP contribution is -2.07. The van der Waals surface area contributed by atoms with E-state index in [1.165, 1.54) is 11.3 Å². The predicted molar refractivity (Wildman–Crippen MR) is 84.3 cm³/mol. The second-order valence-corrected chi connectivity index (χ2v) is 5.75. The zero-order valence-electron chi connectivity index (χ0n) is 12.6. The van der Waals surface area contributed by atoms with E-state index in [-0.39, 0.29) is 0 Å². The van der Waals surface area contributed by atoms with Crippen LogP contribution in [0.15, 0.2) is 29.4 Å². The fraction of sp³-hybridized carbons (Fsp3) is 0.375. The number of aryl methyl sites for hydroxylation is 1. The van der Waals surface area contributed by atoms with Crippen LogP contribution in [0.2, 0.25) is 0 Å². The van der Waals surface area contributed by atoms with Gasteiger partial charge in [0.05, 0.1) is 23.9 Å². The molecule has 0 bridgehead atoms. The lowest BCUT2D eigenvalue weighted by molar-refractivity contribution is 0.184. The van der Waals surface area contributed by atoms with Crippen molar-refractivity contribution in [1.82, 2.24) is 9.55 Å². The molecule has 1 heterocycles. The van der Waals surface area contributed by atoms with Gasteiger partial charge >= 0.3 is 0 Å². The number of methoxy groups -OCH3 is 1. The second-order valence-electron chi connectivity index (χ2n) is 4.81. The van der Waals surface area contributed by atoms with Crippen LogP contribution < -0.4 is 0 Å². The topological polar surface area (TPSA) is 50.8 Å². The number of nitriles is 1. The summed E-state index contributed by atoms with van der Waals surface area (Å²) in [6.45, 7) is 5.62. The van der Waals surface area contributed by atoms with Gasteiger partial charge in [0.1, 0.15) is 0 Å². The largest absolute Gasteiger partial charge is 0.383 e. The Bertz CT molecular complexity index is 641. The van der Waals surface area contributed by atoms with Crippen molar-refractivity contribution in [3.8, 4) is 6.07 Å². The molecule has 4 nitrogen and oxygen atoms in total. The molecule has 2 aromatic rings. The van der Waals surface area contributed by atoms with Gasteiger partial charge in [-0.1, -0.05) is 23.9 Å². The third-order valence-electron chi connectivity index (χ3n) is 3.39. The van der Waals surface area contributed by atoms with Gasteiger partial charge in [0.2, 0.25) is 0 Å². The molecule has 0 aliphatic carbocycles. The van der Waals surface area contributed by atoms with Gasteiger partial charge in [-0.15, -0.1) is 0 Å². The summed E-state index contributed by atoms with van der Waals surface area (Å²) < 4.78 is 7.37. The van der Waals surface area contributed by atoms with Gasteiger partial charge in [-0.2, -0.15) is 5.26 Å². The molecule has 0 atom stereocenters. The fourth-order valence-corrected chi connectivity index (χ4v) is 3.08. The molecule has 0 spiro atoms. The molecule has 0 unspecified atom stereocenters. The average molecular weight is 301 g/mol. The van der Waals surface area contributed by atoms with Gasteiger partial charge in [0, 0.05) is 25.1 Å². The van der Waals surface area contributed by atoms with Crippen molar-refractivity contribution in [2.75, 3.05) is 13.7 Å². The summed E-state index contributed by atoms with van der Waals surface area (Å²) in [5, 5.41) is 9.83. The monoisotopic (exact) mass is 301 g/mol. The molecule has 110 valence electrons. The number of ether oxygens (including phenoxy) is 1. The Morgan fingerprint density at radius 1 is 1.29 bits per heavy atom. The number of aromatic nitrogens is 2. The van der Waals surface area contributed by atoms with Gasteiger partial charge in [0.15, 0.2) is 5.16 Å². The number of rotatable bonds is 6. The van der Waals surface area contributed by atoms with E-state index in [4.69, 9.17) is 10.00 Å². The molecule has 0 aliphatic heterocycles. The van der Waals surface area contributed by atoms with Crippen molar-refractivity contribution in [1.29, 1.82) is 5.26 Å². The van der Waals surface area contributed by atoms with Crippen LogP contribution in [-0.4, -0.2) is 23.3 Å². The molecule has 0 saturated carbocycles. The third-order valence-corrected chi connectivity index (χ3v) is 4.44. The highest BCUT2D eigenvalue weighted by molar-refractivity contribution is 7.98. The van der Waals surface area contributed by atoms with Crippen molar-refractivity contribution in [3.05, 3.63) is 46.8 Å². The number of hydrogen-bond acceptors (Lipinski definition) is 4. The summed E-state index contributed by atoms with van der Waals surface area (Å²) >= 11 is 1.71.